The van der Waals surface area contributed by atoms with Crippen molar-refractivity contribution in [3.63, 3.8) is 0 Å². The number of halogens is 3. The van der Waals surface area contributed by atoms with Crippen molar-refractivity contribution in [1.29, 1.82) is 0 Å². The highest BCUT2D eigenvalue weighted by Gasteiger charge is 2.30. The molecule has 0 aliphatic carbocycles. The van der Waals surface area contributed by atoms with E-state index in [2.05, 4.69) is 4.74 Å². The Morgan fingerprint density at radius 1 is 1.40 bits per heavy atom. The van der Waals surface area contributed by atoms with Crippen molar-refractivity contribution in [3.8, 4) is 0 Å². The van der Waals surface area contributed by atoms with Gasteiger partial charge in [-0.15, -0.1) is 0 Å². The number of amides is 1. The van der Waals surface area contributed by atoms with Gasteiger partial charge in [0.15, 0.2) is 6.61 Å². The summed E-state index contributed by atoms with van der Waals surface area (Å²) in [6.45, 7) is 0.0990. The summed E-state index contributed by atoms with van der Waals surface area (Å²) in [5.74, 6) is 0. The van der Waals surface area contributed by atoms with Gasteiger partial charge in [-0.1, -0.05) is 6.92 Å². The molecule has 0 aromatic carbocycles. The van der Waals surface area contributed by atoms with E-state index in [9.17, 15) is 18.0 Å². The molecule has 0 atom stereocenters. The average Bonchev–Trinajstić information content (AvgIpc) is 2.13. The molecule has 0 aromatic heterocycles. The van der Waals surface area contributed by atoms with Gasteiger partial charge in [0.25, 0.3) is 0 Å². The number of carbonyl (C=O) groups excluding carboxylic acids is 1. The molecule has 0 bridgehead atoms. The van der Waals surface area contributed by atoms with Crippen LogP contribution in [0.1, 0.15) is 13.3 Å². The zero-order valence-corrected chi connectivity index (χ0v) is 8.38. The molecule has 0 saturated carbocycles. The molecular formula is C8H14F3NO3. The van der Waals surface area contributed by atoms with E-state index >= 15 is 0 Å². The first-order valence-corrected chi connectivity index (χ1v) is 4.50. The molecule has 4 nitrogen and oxygen atoms in total. The van der Waals surface area contributed by atoms with E-state index in [1.807, 2.05) is 0 Å². The maximum atomic E-state index is 11.7. The molecule has 0 unspecified atom stereocenters. The first-order valence-electron chi connectivity index (χ1n) is 4.50. The van der Waals surface area contributed by atoms with Gasteiger partial charge in [0, 0.05) is 13.1 Å². The van der Waals surface area contributed by atoms with Crippen LogP contribution >= 0.6 is 0 Å². The Balaban J connectivity index is 4.02. The smallest absolute Gasteiger partial charge is 0.422 e. The molecule has 0 rings (SSSR count). The Kier molecular flexibility index (Phi) is 6.07. The average molecular weight is 229 g/mol. The third kappa shape index (κ3) is 7.01. The predicted octanol–water partition coefficient (Wildman–Crippen LogP) is 1.39. The molecule has 1 N–H and O–H groups in total. The van der Waals surface area contributed by atoms with Crippen LogP contribution in [-0.4, -0.2) is 48.6 Å². The van der Waals surface area contributed by atoms with E-state index in [0.29, 0.717) is 6.42 Å². The fraction of sp³-hybridized carbons (Fsp3) is 0.875. The van der Waals surface area contributed by atoms with Crippen molar-refractivity contribution in [2.45, 2.75) is 19.5 Å². The summed E-state index contributed by atoms with van der Waals surface area (Å²) >= 11 is 0. The van der Waals surface area contributed by atoms with Crippen LogP contribution in [0.25, 0.3) is 0 Å². The summed E-state index contributed by atoms with van der Waals surface area (Å²) in [7, 11) is 0. The second kappa shape index (κ2) is 6.49. The molecule has 0 radical (unpaired) electrons. The number of hydrogen-bond donors (Lipinski definition) is 1. The number of aliphatic hydroxyl groups is 1. The van der Waals surface area contributed by atoms with Crippen LogP contribution in [0, 0.1) is 0 Å². The van der Waals surface area contributed by atoms with E-state index in [4.69, 9.17) is 5.11 Å². The number of aliphatic hydroxyl groups excluding tert-OH is 1. The van der Waals surface area contributed by atoms with Crippen molar-refractivity contribution in [3.05, 3.63) is 0 Å². The Morgan fingerprint density at radius 2 is 2.00 bits per heavy atom. The number of ether oxygens (including phenoxy) is 1. The molecule has 15 heavy (non-hydrogen) atoms. The number of hydrogen-bond acceptors (Lipinski definition) is 3. The van der Waals surface area contributed by atoms with E-state index < -0.39 is 18.9 Å². The van der Waals surface area contributed by atoms with Crippen molar-refractivity contribution >= 4 is 6.09 Å². The SMILES string of the molecule is CCCN(CCO)C(=O)OCC(F)(F)F. The lowest BCUT2D eigenvalue weighted by atomic mass is 10.4. The van der Waals surface area contributed by atoms with Crippen LogP contribution in [0.5, 0.6) is 0 Å². The largest absolute Gasteiger partial charge is 0.440 e. The van der Waals surface area contributed by atoms with Gasteiger partial charge in [0.05, 0.1) is 6.61 Å². The van der Waals surface area contributed by atoms with Gasteiger partial charge < -0.3 is 14.7 Å². The third-order valence-electron chi connectivity index (χ3n) is 1.48. The van der Waals surface area contributed by atoms with Gasteiger partial charge in [-0.05, 0) is 6.42 Å². The summed E-state index contributed by atoms with van der Waals surface area (Å²) in [6.07, 6.45) is -4.99. The quantitative estimate of drug-likeness (QED) is 0.775. The fourth-order valence-electron chi connectivity index (χ4n) is 0.920. The summed E-state index contributed by atoms with van der Waals surface area (Å²) in [6, 6.07) is 0. The maximum Gasteiger partial charge on any atom is 0.422 e. The molecule has 0 aromatic rings. The molecule has 0 aliphatic rings. The predicted molar refractivity (Wildman–Crippen MR) is 46.4 cm³/mol. The fourth-order valence-corrected chi connectivity index (χ4v) is 0.920. The van der Waals surface area contributed by atoms with Gasteiger partial charge in [0.1, 0.15) is 0 Å². The standard InChI is InChI=1S/C8H14F3NO3/c1-2-3-12(4-5-13)7(14)15-6-8(9,10)11/h13H,2-6H2,1H3. The number of alkyl halides is 3. The lowest BCUT2D eigenvalue weighted by Crippen LogP contribution is -2.36. The highest BCUT2D eigenvalue weighted by molar-refractivity contribution is 5.67. The third-order valence-corrected chi connectivity index (χ3v) is 1.48. The van der Waals surface area contributed by atoms with Crippen molar-refractivity contribution in [2.75, 3.05) is 26.3 Å². The Bertz CT molecular complexity index is 190. The highest BCUT2D eigenvalue weighted by atomic mass is 19.4. The number of nitrogens with zero attached hydrogens (tertiary/aromatic N) is 1. The Morgan fingerprint density at radius 3 is 2.40 bits per heavy atom. The van der Waals surface area contributed by atoms with Crippen LogP contribution < -0.4 is 0 Å². The number of rotatable bonds is 5. The van der Waals surface area contributed by atoms with Gasteiger partial charge in [0.2, 0.25) is 0 Å². The molecule has 0 saturated heterocycles. The van der Waals surface area contributed by atoms with Crippen molar-refractivity contribution in [2.24, 2.45) is 0 Å². The van der Waals surface area contributed by atoms with Crippen molar-refractivity contribution < 1.29 is 27.8 Å². The van der Waals surface area contributed by atoms with E-state index in [1.165, 1.54) is 0 Å². The minimum atomic E-state index is -4.52. The first kappa shape index (κ1) is 14.0. The van der Waals surface area contributed by atoms with Crippen LogP contribution in [0.3, 0.4) is 0 Å². The van der Waals surface area contributed by atoms with Crippen LogP contribution in [0.4, 0.5) is 18.0 Å². The van der Waals surface area contributed by atoms with Crippen molar-refractivity contribution in [1.82, 2.24) is 4.90 Å². The molecular weight excluding hydrogens is 215 g/mol. The molecule has 0 fully saturated rings. The lowest BCUT2D eigenvalue weighted by molar-refractivity contribution is -0.162. The summed E-state index contributed by atoms with van der Waals surface area (Å²) < 4.78 is 39.1. The van der Waals surface area contributed by atoms with Crippen LogP contribution in [0.2, 0.25) is 0 Å². The van der Waals surface area contributed by atoms with Gasteiger partial charge >= 0.3 is 12.3 Å². The molecule has 0 heterocycles. The summed E-state index contributed by atoms with van der Waals surface area (Å²) in [5, 5.41) is 8.57. The lowest BCUT2D eigenvalue weighted by Gasteiger charge is -2.20. The zero-order valence-electron chi connectivity index (χ0n) is 8.38. The van der Waals surface area contributed by atoms with Crippen LogP contribution in [-0.2, 0) is 4.74 Å². The van der Waals surface area contributed by atoms with Crippen LogP contribution in [0.15, 0.2) is 0 Å². The van der Waals surface area contributed by atoms with E-state index in [1.54, 1.807) is 6.92 Å². The van der Waals surface area contributed by atoms with E-state index in [-0.39, 0.29) is 19.7 Å². The minimum Gasteiger partial charge on any atom is -0.440 e. The molecule has 0 spiro atoms. The number of carbonyl (C=O) groups is 1. The molecule has 0 aliphatic heterocycles. The molecule has 1 amide bonds. The second-order valence-corrected chi connectivity index (χ2v) is 2.88. The van der Waals surface area contributed by atoms with Gasteiger partial charge in [-0.2, -0.15) is 13.2 Å². The second-order valence-electron chi connectivity index (χ2n) is 2.88. The zero-order chi connectivity index (χ0) is 11.9. The first-order chi connectivity index (χ1) is 6.90. The Labute approximate surface area is 85.6 Å². The summed E-state index contributed by atoms with van der Waals surface area (Å²) in [5.41, 5.74) is 0. The molecule has 7 heteroatoms. The minimum absolute atomic E-state index is 0.0233. The van der Waals surface area contributed by atoms with Gasteiger partial charge in [-0.3, -0.25) is 0 Å². The van der Waals surface area contributed by atoms with E-state index in [0.717, 1.165) is 4.90 Å². The summed E-state index contributed by atoms with van der Waals surface area (Å²) in [4.78, 5) is 12.1. The Hall–Kier alpha value is -0.980. The maximum absolute atomic E-state index is 11.7. The highest BCUT2D eigenvalue weighted by Crippen LogP contribution is 2.15. The topological polar surface area (TPSA) is 49.8 Å². The molecule has 90 valence electrons. The monoisotopic (exact) mass is 229 g/mol. The van der Waals surface area contributed by atoms with Gasteiger partial charge in [-0.25, -0.2) is 4.79 Å². The normalized spacial score (nSPS) is 11.3.